The average molecular weight is 421 g/mol. The van der Waals surface area contributed by atoms with Gasteiger partial charge in [-0.05, 0) is 96.9 Å². The number of aryl methyl sites for hydroxylation is 1. The molecule has 3 aliphatic carbocycles. The molecule has 0 saturated heterocycles. The van der Waals surface area contributed by atoms with E-state index < -0.39 is 0 Å². The van der Waals surface area contributed by atoms with Crippen molar-refractivity contribution >= 4 is 0 Å². The SMILES string of the molecule is C[C@]12CCC3c4ccc(OCc5ccccc5)cc4CC[C@H]3C1CC[C@@H]2OCCCO. The molecule has 2 unspecified atom stereocenters. The summed E-state index contributed by atoms with van der Waals surface area (Å²) >= 11 is 0. The zero-order valence-corrected chi connectivity index (χ0v) is 18.8. The van der Waals surface area contributed by atoms with E-state index in [0.717, 1.165) is 24.0 Å². The Bertz CT molecular complexity index is 879. The molecule has 166 valence electrons. The number of fused-ring (bicyclic) bond motifs is 5. The fraction of sp³-hybridized carbons (Fsp3) is 0.571. The van der Waals surface area contributed by atoms with Crippen LogP contribution in [-0.4, -0.2) is 24.4 Å². The van der Waals surface area contributed by atoms with Crippen molar-refractivity contribution in [3.8, 4) is 5.75 Å². The van der Waals surface area contributed by atoms with Crippen LogP contribution >= 0.6 is 0 Å². The number of aliphatic hydroxyl groups excluding tert-OH is 1. The van der Waals surface area contributed by atoms with Crippen LogP contribution in [0.3, 0.4) is 0 Å². The van der Waals surface area contributed by atoms with E-state index in [2.05, 4.69) is 49.4 Å². The van der Waals surface area contributed by atoms with Crippen LogP contribution in [-0.2, 0) is 17.8 Å². The highest BCUT2D eigenvalue weighted by molar-refractivity contribution is 5.41. The molecular weight excluding hydrogens is 384 g/mol. The molecule has 1 N–H and O–H groups in total. The third kappa shape index (κ3) is 4.03. The Labute approximate surface area is 186 Å². The van der Waals surface area contributed by atoms with Gasteiger partial charge in [0.15, 0.2) is 0 Å². The summed E-state index contributed by atoms with van der Waals surface area (Å²) in [6, 6.07) is 17.3. The van der Waals surface area contributed by atoms with Gasteiger partial charge in [-0.1, -0.05) is 43.3 Å². The molecule has 0 radical (unpaired) electrons. The molecule has 3 heteroatoms. The maximum atomic E-state index is 9.11. The van der Waals surface area contributed by atoms with Crippen molar-refractivity contribution in [1.82, 2.24) is 0 Å². The molecule has 0 aromatic heterocycles. The van der Waals surface area contributed by atoms with Crippen molar-refractivity contribution in [2.24, 2.45) is 17.3 Å². The number of benzene rings is 2. The van der Waals surface area contributed by atoms with Crippen molar-refractivity contribution in [1.29, 1.82) is 0 Å². The first-order chi connectivity index (χ1) is 15.2. The van der Waals surface area contributed by atoms with Gasteiger partial charge < -0.3 is 14.6 Å². The molecule has 0 bridgehead atoms. The first kappa shape index (κ1) is 21.0. The highest BCUT2D eigenvalue weighted by Crippen LogP contribution is 2.61. The van der Waals surface area contributed by atoms with E-state index in [0.29, 0.717) is 30.7 Å². The lowest BCUT2D eigenvalue weighted by atomic mass is 9.55. The van der Waals surface area contributed by atoms with Gasteiger partial charge in [-0.2, -0.15) is 0 Å². The van der Waals surface area contributed by atoms with Crippen LogP contribution in [0.5, 0.6) is 5.75 Å². The maximum absolute atomic E-state index is 9.11. The molecule has 0 spiro atoms. The number of ether oxygens (including phenoxy) is 2. The van der Waals surface area contributed by atoms with Crippen LogP contribution in [0.1, 0.15) is 68.1 Å². The molecule has 0 aliphatic heterocycles. The van der Waals surface area contributed by atoms with Gasteiger partial charge in [0.25, 0.3) is 0 Å². The van der Waals surface area contributed by atoms with Crippen molar-refractivity contribution in [3.63, 3.8) is 0 Å². The monoisotopic (exact) mass is 420 g/mol. The minimum Gasteiger partial charge on any atom is -0.489 e. The Hall–Kier alpha value is -1.84. The van der Waals surface area contributed by atoms with Crippen molar-refractivity contribution < 1.29 is 14.6 Å². The van der Waals surface area contributed by atoms with E-state index in [4.69, 9.17) is 14.6 Å². The van der Waals surface area contributed by atoms with E-state index in [1.165, 1.54) is 49.7 Å². The van der Waals surface area contributed by atoms with Gasteiger partial charge in [0.05, 0.1) is 6.10 Å². The van der Waals surface area contributed by atoms with E-state index in [9.17, 15) is 0 Å². The second kappa shape index (κ2) is 8.96. The van der Waals surface area contributed by atoms with Crippen LogP contribution in [0.2, 0.25) is 0 Å². The van der Waals surface area contributed by atoms with Crippen molar-refractivity contribution in [3.05, 3.63) is 65.2 Å². The predicted octanol–water partition coefficient (Wildman–Crippen LogP) is 5.89. The fourth-order valence-corrected chi connectivity index (χ4v) is 6.91. The predicted molar refractivity (Wildman–Crippen MR) is 123 cm³/mol. The quantitative estimate of drug-likeness (QED) is 0.568. The van der Waals surface area contributed by atoms with Crippen LogP contribution in [0.25, 0.3) is 0 Å². The summed E-state index contributed by atoms with van der Waals surface area (Å²) < 4.78 is 12.4. The molecule has 2 fully saturated rings. The average Bonchev–Trinajstić information content (AvgIpc) is 3.14. The largest absolute Gasteiger partial charge is 0.489 e. The Morgan fingerprint density at radius 1 is 1.03 bits per heavy atom. The third-order valence-electron chi connectivity index (χ3n) is 8.48. The first-order valence-corrected chi connectivity index (χ1v) is 12.2. The molecule has 5 rings (SSSR count). The summed E-state index contributed by atoms with van der Waals surface area (Å²) in [5, 5.41) is 9.11. The standard InChI is InChI=1S/C28H36O3/c1-28-15-14-24-23-11-9-22(31-19-20-6-3-2-4-7-20)18-21(23)8-10-25(24)26(28)12-13-27(28)30-17-5-16-29/h2-4,6-7,9,11,18,24-27,29H,5,8,10,12-17,19H2,1H3/t24?,25-,26?,27+,28+/m1/s1. The van der Waals surface area contributed by atoms with Gasteiger partial charge >= 0.3 is 0 Å². The summed E-state index contributed by atoms with van der Waals surface area (Å²) in [6.07, 6.45) is 8.61. The Balaban J connectivity index is 1.28. The molecule has 2 aromatic rings. The minimum absolute atomic E-state index is 0.228. The molecule has 2 aromatic carbocycles. The molecule has 0 heterocycles. The molecule has 2 saturated carbocycles. The molecule has 31 heavy (non-hydrogen) atoms. The second-order valence-corrected chi connectivity index (χ2v) is 10.1. The summed E-state index contributed by atoms with van der Waals surface area (Å²) in [6.45, 7) is 4.04. The Morgan fingerprint density at radius 3 is 2.74 bits per heavy atom. The molecule has 3 nitrogen and oxygen atoms in total. The fourth-order valence-electron chi connectivity index (χ4n) is 6.91. The number of rotatable bonds is 7. The third-order valence-corrected chi connectivity index (χ3v) is 8.48. The van der Waals surface area contributed by atoms with E-state index in [1.807, 2.05) is 6.07 Å². The summed E-state index contributed by atoms with van der Waals surface area (Å²) in [7, 11) is 0. The Kier molecular flexibility index (Phi) is 6.08. The lowest BCUT2D eigenvalue weighted by Gasteiger charge is -2.50. The van der Waals surface area contributed by atoms with Crippen LogP contribution in [0.4, 0.5) is 0 Å². The number of hydrogen-bond donors (Lipinski definition) is 1. The maximum Gasteiger partial charge on any atom is 0.120 e. The van der Waals surface area contributed by atoms with Gasteiger partial charge in [-0.25, -0.2) is 0 Å². The van der Waals surface area contributed by atoms with Gasteiger partial charge in [0.1, 0.15) is 12.4 Å². The van der Waals surface area contributed by atoms with E-state index in [1.54, 1.807) is 5.56 Å². The highest BCUT2D eigenvalue weighted by atomic mass is 16.5. The first-order valence-electron chi connectivity index (χ1n) is 12.2. The van der Waals surface area contributed by atoms with E-state index >= 15 is 0 Å². The van der Waals surface area contributed by atoms with Gasteiger partial charge in [0, 0.05) is 13.2 Å². The Morgan fingerprint density at radius 2 is 1.90 bits per heavy atom. The normalized spacial score (nSPS) is 31.5. The molecule has 5 atom stereocenters. The highest BCUT2D eigenvalue weighted by Gasteiger charge is 2.55. The van der Waals surface area contributed by atoms with Gasteiger partial charge in [-0.15, -0.1) is 0 Å². The van der Waals surface area contributed by atoms with Crippen molar-refractivity contribution in [2.45, 2.75) is 70.5 Å². The molecule has 0 amide bonds. The van der Waals surface area contributed by atoms with Crippen molar-refractivity contribution in [2.75, 3.05) is 13.2 Å². The lowest BCUT2D eigenvalue weighted by Crippen LogP contribution is -2.44. The summed E-state index contributed by atoms with van der Waals surface area (Å²) in [4.78, 5) is 0. The smallest absolute Gasteiger partial charge is 0.120 e. The second-order valence-electron chi connectivity index (χ2n) is 10.1. The summed E-state index contributed by atoms with van der Waals surface area (Å²) in [5.41, 5.74) is 4.61. The van der Waals surface area contributed by atoms with Crippen LogP contribution in [0, 0.1) is 17.3 Å². The van der Waals surface area contributed by atoms with Gasteiger partial charge in [0.2, 0.25) is 0 Å². The molecule has 3 aliphatic rings. The zero-order chi connectivity index (χ0) is 21.3. The topological polar surface area (TPSA) is 38.7 Å². The lowest BCUT2D eigenvalue weighted by molar-refractivity contribution is -0.0661. The number of hydrogen-bond acceptors (Lipinski definition) is 3. The van der Waals surface area contributed by atoms with E-state index in [-0.39, 0.29) is 6.61 Å². The van der Waals surface area contributed by atoms with Gasteiger partial charge in [-0.3, -0.25) is 0 Å². The zero-order valence-electron chi connectivity index (χ0n) is 18.8. The summed E-state index contributed by atoms with van der Waals surface area (Å²) in [5.74, 6) is 3.25. The van der Waals surface area contributed by atoms with Crippen LogP contribution in [0.15, 0.2) is 48.5 Å². The molecular formula is C28H36O3. The van der Waals surface area contributed by atoms with Crippen LogP contribution < -0.4 is 4.74 Å². The minimum atomic E-state index is 0.228. The number of aliphatic hydroxyl groups is 1.